The fourth-order valence-corrected chi connectivity index (χ4v) is 3.78. The molecule has 0 saturated carbocycles. The van der Waals surface area contributed by atoms with Gasteiger partial charge in [0, 0.05) is 38.9 Å². The summed E-state index contributed by atoms with van der Waals surface area (Å²) in [5.74, 6) is 1.50. The minimum atomic E-state index is 0.702. The second-order valence-electron chi connectivity index (χ2n) is 7.11. The monoisotopic (exact) mass is 383 g/mol. The molecule has 0 atom stereocenters. The van der Waals surface area contributed by atoms with Crippen LogP contribution in [0.4, 0.5) is 5.69 Å². The van der Waals surface area contributed by atoms with Crippen LogP contribution in [0, 0.1) is 18.6 Å². The number of aryl methyl sites for hydroxylation is 1. The van der Waals surface area contributed by atoms with Crippen LogP contribution in [0.5, 0.6) is 0 Å². The minimum Gasteiger partial charge on any atom is -0.461 e. The molecule has 0 amide bonds. The van der Waals surface area contributed by atoms with Gasteiger partial charge in [-0.3, -0.25) is 4.90 Å². The van der Waals surface area contributed by atoms with E-state index in [1.54, 1.807) is 6.26 Å². The molecule has 3 heterocycles. The Morgan fingerprint density at radius 1 is 1.07 bits per heavy atom. The van der Waals surface area contributed by atoms with Gasteiger partial charge in [-0.2, -0.15) is 0 Å². The zero-order chi connectivity index (χ0) is 19.0. The Bertz CT molecular complexity index is 980. The summed E-state index contributed by atoms with van der Waals surface area (Å²) >= 11 is 5.57. The first kappa shape index (κ1) is 18.0. The molecule has 6 nitrogen and oxygen atoms in total. The van der Waals surface area contributed by atoms with Crippen LogP contribution >= 0.6 is 12.2 Å². The summed E-state index contributed by atoms with van der Waals surface area (Å²) in [7, 11) is 1.93. The van der Waals surface area contributed by atoms with Crippen LogP contribution in [0.2, 0.25) is 0 Å². The lowest BCUT2D eigenvalue weighted by Crippen LogP contribution is -2.47. The van der Waals surface area contributed by atoms with Crippen LogP contribution < -0.4 is 4.90 Å². The highest BCUT2D eigenvalue weighted by atomic mass is 32.1. The van der Waals surface area contributed by atoms with E-state index < -0.39 is 0 Å². The molecule has 1 aliphatic rings. The van der Waals surface area contributed by atoms with Crippen molar-refractivity contribution in [2.24, 2.45) is 7.05 Å². The third-order valence-electron chi connectivity index (χ3n) is 5.41. The van der Waals surface area contributed by atoms with Gasteiger partial charge in [-0.25, -0.2) is 4.68 Å². The lowest BCUT2D eigenvalue weighted by molar-refractivity contribution is 0.194. The molecule has 1 aromatic carbocycles. The molecule has 0 bridgehead atoms. The van der Waals surface area contributed by atoms with Gasteiger partial charge >= 0.3 is 0 Å². The van der Waals surface area contributed by atoms with Gasteiger partial charge in [0.25, 0.3) is 0 Å². The highest BCUT2D eigenvalue weighted by molar-refractivity contribution is 7.71. The molecule has 0 spiro atoms. The maximum absolute atomic E-state index is 5.57. The van der Waals surface area contributed by atoms with Gasteiger partial charge in [0.2, 0.25) is 0 Å². The number of piperazine rings is 1. The van der Waals surface area contributed by atoms with Crippen LogP contribution in [0.15, 0.2) is 41.0 Å². The molecule has 142 valence electrons. The van der Waals surface area contributed by atoms with Gasteiger partial charge in [-0.1, -0.05) is 12.1 Å². The van der Waals surface area contributed by atoms with E-state index in [1.165, 1.54) is 16.8 Å². The SMILES string of the molecule is Cc1cccc(N2CCN(Cn3nc(-c4ccco4)n(C)c3=S)CC2)c1C. The Morgan fingerprint density at radius 3 is 2.56 bits per heavy atom. The molecule has 2 aromatic heterocycles. The third-order valence-corrected chi connectivity index (χ3v) is 5.89. The van der Waals surface area contributed by atoms with Crippen molar-refractivity contribution in [1.82, 2.24) is 19.2 Å². The maximum Gasteiger partial charge on any atom is 0.199 e. The van der Waals surface area contributed by atoms with Crippen molar-refractivity contribution in [2.45, 2.75) is 20.5 Å². The standard InChI is InChI=1S/C20H25N5OS/c1-15-6-4-7-17(16(15)2)24-11-9-23(10-12-24)14-25-20(27)22(3)19(21-25)18-8-5-13-26-18/h4-8,13H,9-12,14H2,1-3H3. The molecule has 1 fully saturated rings. The summed E-state index contributed by atoms with van der Waals surface area (Å²) in [6, 6.07) is 10.3. The van der Waals surface area contributed by atoms with Crippen molar-refractivity contribution in [3.8, 4) is 11.6 Å². The average Bonchev–Trinajstić information content (AvgIpc) is 3.29. The zero-order valence-corrected chi connectivity index (χ0v) is 16.9. The fourth-order valence-electron chi connectivity index (χ4n) is 3.60. The zero-order valence-electron chi connectivity index (χ0n) is 16.1. The molecule has 1 aliphatic heterocycles. The molecule has 0 radical (unpaired) electrons. The molecule has 0 unspecified atom stereocenters. The molecular formula is C20H25N5OS. The Kier molecular flexibility index (Phi) is 4.88. The quantitative estimate of drug-likeness (QED) is 0.644. The van der Waals surface area contributed by atoms with Crippen molar-refractivity contribution in [2.75, 3.05) is 31.1 Å². The van der Waals surface area contributed by atoms with Crippen LogP contribution in [0.3, 0.4) is 0 Å². The number of hydrogen-bond acceptors (Lipinski definition) is 5. The Hall–Kier alpha value is -2.38. The summed E-state index contributed by atoms with van der Waals surface area (Å²) in [5.41, 5.74) is 4.07. The van der Waals surface area contributed by atoms with Crippen molar-refractivity contribution in [1.29, 1.82) is 0 Å². The summed E-state index contributed by atoms with van der Waals surface area (Å²) in [4.78, 5) is 4.88. The first-order valence-electron chi connectivity index (χ1n) is 9.26. The van der Waals surface area contributed by atoms with E-state index in [1.807, 2.05) is 28.4 Å². The van der Waals surface area contributed by atoms with E-state index in [9.17, 15) is 0 Å². The van der Waals surface area contributed by atoms with Crippen molar-refractivity contribution in [3.63, 3.8) is 0 Å². The molecule has 7 heteroatoms. The van der Waals surface area contributed by atoms with Crippen LogP contribution in [0.25, 0.3) is 11.6 Å². The first-order valence-corrected chi connectivity index (χ1v) is 9.66. The average molecular weight is 384 g/mol. The predicted octanol–water partition coefficient (Wildman–Crippen LogP) is 3.61. The number of anilines is 1. The maximum atomic E-state index is 5.57. The van der Waals surface area contributed by atoms with Crippen molar-refractivity contribution in [3.05, 3.63) is 52.5 Å². The van der Waals surface area contributed by atoms with E-state index in [2.05, 4.69) is 46.9 Å². The molecule has 1 saturated heterocycles. The fraction of sp³-hybridized carbons (Fsp3) is 0.400. The van der Waals surface area contributed by atoms with Gasteiger partial charge in [-0.15, -0.1) is 5.10 Å². The highest BCUT2D eigenvalue weighted by Crippen LogP contribution is 2.24. The summed E-state index contributed by atoms with van der Waals surface area (Å²) in [5, 5.41) is 4.68. The molecular weight excluding hydrogens is 358 g/mol. The van der Waals surface area contributed by atoms with E-state index in [-0.39, 0.29) is 0 Å². The van der Waals surface area contributed by atoms with Crippen LogP contribution in [0.1, 0.15) is 11.1 Å². The summed E-state index contributed by atoms with van der Waals surface area (Å²) in [6.07, 6.45) is 1.66. The summed E-state index contributed by atoms with van der Waals surface area (Å²) < 4.78 is 9.98. The molecule has 0 aliphatic carbocycles. The lowest BCUT2D eigenvalue weighted by Gasteiger charge is -2.36. The normalized spacial score (nSPS) is 15.4. The van der Waals surface area contributed by atoms with Crippen molar-refractivity contribution < 1.29 is 4.42 Å². The van der Waals surface area contributed by atoms with E-state index >= 15 is 0 Å². The van der Waals surface area contributed by atoms with E-state index in [0.717, 1.165) is 37.8 Å². The number of hydrogen-bond donors (Lipinski definition) is 0. The van der Waals surface area contributed by atoms with Gasteiger partial charge in [0.1, 0.15) is 0 Å². The number of benzene rings is 1. The molecule has 0 N–H and O–H groups in total. The smallest absolute Gasteiger partial charge is 0.199 e. The van der Waals surface area contributed by atoms with Gasteiger partial charge in [-0.05, 0) is 55.4 Å². The largest absolute Gasteiger partial charge is 0.461 e. The van der Waals surface area contributed by atoms with Crippen LogP contribution in [-0.2, 0) is 13.7 Å². The Morgan fingerprint density at radius 2 is 1.85 bits per heavy atom. The Balaban J connectivity index is 1.45. The number of rotatable bonds is 4. The predicted molar refractivity (Wildman–Crippen MR) is 109 cm³/mol. The molecule has 4 rings (SSSR count). The van der Waals surface area contributed by atoms with Gasteiger partial charge in [0.15, 0.2) is 16.4 Å². The second kappa shape index (κ2) is 7.32. The summed E-state index contributed by atoms with van der Waals surface area (Å²) in [6.45, 7) is 9.08. The van der Waals surface area contributed by atoms with Crippen molar-refractivity contribution >= 4 is 17.9 Å². The van der Waals surface area contributed by atoms with Gasteiger partial charge in [0.05, 0.1) is 12.9 Å². The topological polar surface area (TPSA) is 42.4 Å². The number of furan rings is 1. The number of aromatic nitrogens is 3. The second-order valence-corrected chi connectivity index (χ2v) is 7.47. The lowest BCUT2D eigenvalue weighted by atomic mass is 10.1. The minimum absolute atomic E-state index is 0.702. The van der Waals surface area contributed by atoms with Crippen LogP contribution in [-0.4, -0.2) is 45.4 Å². The third kappa shape index (κ3) is 3.44. The van der Waals surface area contributed by atoms with Gasteiger partial charge < -0.3 is 13.9 Å². The highest BCUT2D eigenvalue weighted by Gasteiger charge is 2.20. The van der Waals surface area contributed by atoms with E-state index in [0.29, 0.717) is 11.4 Å². The molecule has 27 heavy (non-hydrogen) atoms. The Labute approximate surface area is 164 Å². The van der Waals surface area contributed by atoms with E-state index in [4.69, 9.17) is 16.6 Å². The molecule has 3 aromatic rings. The number of nitrogens with zero attached hydrogens (tertiary/aromatic N) is 5. The first-order chi connectivity index (χ1) is 13.0.